The molecule has 0 saturated carbocycles. The van der Waals surface area contributed by atoms with E-state index in [1.54, 1.807) is 7.11 Å². The predicted molar refractivity (Wildman–Crippen MR) is 112 cm³/mol. The monoisotopic (exact) mass is 379 g/mol. The van der Waals surface area contributed by atoms with Crippen molar-refractivity contribution >= 4 is 10.9 Å². The van der Waals surface area contributed by atoms with Crippen molar-refractivity contribution in [3.8, 4) is 5.75 Å². The summed E-state index contributed by atoms with van der Waals surface area (Å²) in [7, 11) is 1.70. The number of aliphatic hydroxyl groups is 1. The number of nitrogens with one attached hydrogen (secondary N) is 1. The third-order valence-electron chi connectivity index (χ3n) is 5.65. The smallest absolute Gasteiger partial charge is 0.119 e. The average Bonchev–Trinajstić information content (AvgIpc) is 3.12. The van der Waals surface area contributed by atoms with Crippen LogP contribution in [0, 0.1) is 0 Å². The van der Waals surface area contributed by atoms with Crippen LogP contribution in [-0.2, 0) is 13.1 Å². The highest BCUT2D eigenvalue weighted by molar-refractivity contribution is 5.80. The Hall–Kier alpha value is -2.34. The summed E-state index contributed by atoms with van der Waals surface area (Å²) in [5.41, 5.74) is 3.71. The van der Waals surface area contributed by atoms with Crippen molar-refractivity contribution in [3.63, 3.8) is 0 Å². The molecular weight excluding hydrogens is 350 g/mol. The summed E-state index contributed by atoms with van der Waals surface area (Å²) in [6.07, 6.45) is 0.799. The van der Waals surface area contributed by atoms with Crippen molar-refractivity contribution in [2.75, 3.05) is 33.4 Å². The lowest BCUT2D eigenvalue weighted by Crippen LogP contribution is -2.52. The predicted octanol–water partition coefficient (Wildman–Crippen LogP) is 3.25. The van der Waals surface area contributed by atoms with Gasteiger partial charge in [-0.25, -0.2) is 0 Å². The molecule has 2 N–H and O–H groups in total. The quantitative estimate of drug-likeness (QED) is 0.662. The highest BCUT2D eigenvalue weighted by Gasteiger charge is 2.27. The molecule has 0 spiro atoms. The van der Waals surface area contributed by atoms with E-state index in [1.807, 2.05) is 12.1 Å². The normalized spacial score (nSPS) is 18.6. The second-order valence-electron chi connectivity index (χ2n) is 7.61. The molecule has 2 aromatic carbocycles. The number of benzene rings is 2. The molecule has 1 saturated heterocycles. The molecule has 5 nitrogen and oxygen atoms in total. The average molecular weight is 380 g/mol. The summed E-state index contributed by atoms with van der Waals surface area (Å²) < 4.78 is 5.36. The number of aromatic amines is 1. The van der Waals surface area contributed by atoms with Crippen LogP contribution >= 0.6 is 0 Å². The molecule has 0 aliphatic carbocycles. The molecule has 0 bridgehead atoms. The SMILES string of the molecule is COc1cccc(CN2CCN(Cc3cc4ccccc4[nH]3)C[C@@H]2CCO)c1. The fraction of sp³-hybridized carbons (Fsp3) is 0.391. The highest BCUT2D eigenvalue weighted by atomic mass is 16.5. The molecule has 1 aliphatic rings. The Labute approximate surface area is 166 Å². The number of rotatable bonds is 7. The Morgan fingerprint density at radius 2 is 1.96 bits per heavy atom. The van der Waals surface area contributed by atoms with E-state index in [1.165, 1.54) is 22.2 Å². The van der Waals surface area contributed by atoms with Gasteiger partial charge in [0.25, 0.3) is 0 Å². The van der Waals surface area contributed by atoms with Crippen LogP contribution in [0.5, 0.6) is 5.75 Å². The minimum absolute atomic E-state index is 0.222. The van der Waals surface area contributed by atoms with E-state index in [0.29, 0.717) is 6.04 Å². The molecule has 0 radical (unpaired) electrons. The number of fused-ring (bicyclic) bond motifs is 1. The van der Waals surface area contributed by atoms with Gasteiger partial charge in [0.15, 0.2) is 0 Å². The Kier molecular flexibility index (Phi) is 5.95. The summed E-state index contributed by atoms with van der Waals surface area (Å²) in [5.74, 6) is 0.897. The molecule has 1 fully saturated rings. The number of para-hydroxylation sites is 1. The maximum absolute atomic E-state index is 9.58. The Balaban J connectivity index is 1.42. The molecule has 1 atom stereocenters. The summed E-state index contributed by atoms with van der Waals surface area (Å²) in [6.45, 7) is 5.04. The van der Waals surface area contributed by atoms with E-state index in [2.05, 4.69) is 57.2 Å². The fourth-order valence-corrected chi connectivity index (χ4v) is 4.20. The first-order valence-electron chi connectivity index (χ1n) is 10.0. The Morgan fingerprint density at radius 1 is 1.07 bits per heavy atom. The van der Waals surface area contributed by atoms with Gasteiger partial charge in [0.05, 0.1) is 7.11 Å². The van der Waals surface area contributed by atoms with Gasteiger partial charge in [-0.15, -0.1) is 0 Å². The first-order valence-corrected chi connectivity index (χ1v) is 10.0. The van der Waals surface area contributed by atoms with E-state index in [-0.39, 0.29) is 6.61 Å². The van der Waals surface area contributed by atoms with Gasteiger partial charge in [-0.2, -0.15) is 0 Å². The summed E-state index contributed by atoms with van der Waals surface area (Å²) >= 11 is 0. The highest BCUT2D eigenvalue weighted by Crippen LogP contribution is 2.22. The minimum atomic E-state index is 0.222. The standard InChI is InChI=1S/C23H29N3O2/c1-28-22-7-4-5-18(13-22)15-26-11-10-25(17-21(26)9-12-27)16-20-14-19-6-2-3-8-23(19)24-20/h2-8,13-14,21,24,27H,9-12,15-17H2,1H3/t21-/m0/s1. The summed E-state index contributed by atoms with van der Waals surface area (Å²) in [5, 5.41) is 10.8. The molecular formula is C23H29N3O2. The van der Waals surface area contributed by atoms with E-state index in [9.17, 15) is 5.11 Å². The van der Waals surface area contributed by atoms with Gasteiger partial charge < -0.3 is 14.8 Å². The number of aliphatic hydroxyl groups excluding tert-OH is 1. The van der Waals surface area contributed by atoms with Gasteiger partial charge in [-0.3, -0.25) is 9.80 Å². The molecule has 1 aliphatic heterocycles. The lowest BCUT2D eigenvalue weighted by atomic mass is 10.1. The van der Waals surface area contributed by atoms with Crippen molar-refractivity contribution < 1.29 is 9.84 Å². The second kappa shape index (κ2) is 8.78. The molecule has 0 amide bonds. The van der Waals surface area contributed by atoms with E-state index in [4.69, 9.17) is 4.74 Å². The number of hydrogen-bond donors (Lipinski definition) is 2. The maximum atomic E-state index is 9.58. The number of nitrogens with zero attached hydrogens (tertiary/aromatic N) is 2. The van der Waals surface area contributed by atoms with Crippen LogP contribution in [0.3, 0.4) is 0 Å². The first-order chi connectivity index (χ1) is 13.7. The number of methoxy groups -OCH3 is 1. The lowest BCUT2D eigenvalue weighted by molar-refractivity contribution is 0.0494. The van der Waals surface area contributed by atoms with Crippen molar-refractivity contribution in [1.82, 2.24) is 14.8 Å². The van der Waals surface area contributed by atoms with Gasteiger partial charge >= 0.3 is 0 Å². The van der Waals surface area contributed by atoms with E-state index < -0.39 is 0 Å². The zero-order valence-corrected chi connectivity index (χ0v) is 16.5. The summed E-state index contributed by atoms with van der Waals surface area (Å²) in [4.78, 5) is 8.52. The van der Waals surface area contributed by atoms with Crippen molar-refractivity contribution in [3.05, 3.63) is 65.9 Å². The lowest BCUT2D eigenvalue weighted by Gasteiger charge is -2.41. The number of hydrogen-bond acceptors (Lipinski definition) is 4. The fourth-order valence-electron chi connectivity index (χ4n) is 4.20. The number of H-pyrrole nitrogens is 1. The first kappa shape index (κ1) is 19.0. The molecule has 5 heteroatoms. The van der Waals surface area contributed by atoms with Crippen LogP contribution in [0.2, 0.25) is 0 Å². The topological polar surface area (TPSA) is 51.7 Å². The minimum Gasteiger partial charge on any atom is -0.497 e. The van der Waals surface area contributed by atoms with Gasteiger partial charge in [0.1, 0.15) is 5.75 Å². The van der Waals surface area contributed by atoms with E-state index >= 15 is 0 Å². The van der Waals surface area contributed by atoms with E-state index in [0.717, 1.165) is 44.9 Å². The summed E-state index contributed by atoms with van der Waals surface area (Å²) in [6, 6.07) is 19.3. The van der Waals surface area contributed by atoms with Crippen LogP contribution in [0.15, 0.2) is 54.6 Å². The van der Waals surface area contributed by atoms with Gasteiger partial charge in [-0.05, 0) is 41.6 Å². The van der Waals surface area contributed by atoms with Gasteiger partial charge in [-0.1, -0.05) is 30.3 Å². The molecule has 4 rings (SSSR count). The van der Waals surface area contributed by atoms with Crippen molar-refractivity contribution in [1.29, 1.82) is 0 Å². The molecule has 1 aromatic heterocycles. The molecule has 3 aromatic rings. The van der Waals surface area contributed by atoms with Gasteiger partial charge in [0, 0.05) is 56.6 Å². The largest absolute Gasteiger partial charge is 0.497 e. The second-order valence-corrected chi connectivity index (χ2v) is 7.61. The number of aromatic nitrogens is 1. The zero-order chi connectivity index (χ0) is 19.3. The third kappa shape index (κ3) is 4.38. The molecule has 2 heterocycles. The Bertz CT molecular complexity index is 875. The number of ether oxygens (including phenoxy) is 1. The van der Waals surface area contributed by atoms with Crippen molar-refractivity contribution in [2.24, 2.45) is 0 Å². The maximum Gasteiger partial charge on any atom is 0.119 e. The van der Waals surface area contributed by atoms with Crippen LogP contribution in [0.25, 0.3) is 10.9 Å². The van der Waals surface area contributed by atoms with Crippen LogP contribution < -0.4 is 4.74 Å². The Morgan fingerprint density at radius 3 is 2.79 bits per heavy atom. The molecule has 148 valence electrons. The zero-order valence-electron chi connectivity index (χ0n) is 16.5. The van der Waals surface area contributed by atoms with Crippen LogP contribution in [0.1, 0.15) is 17.7 Å². The van der Waals surface area contributed by atoms with Crippen LogP contribution in [0.4, 0.5) is 0 Å². The van der Waals surface area contributed by atoms with Crippen LogP contribution in [-0.4, -0.2) is 59.3 Å². The van der Waals surface area contributed by atoms with Gasteiger partial charge in [0.2, 0.25) is 0 Å². The molecule has 28 heavy (non-hydrogen) atoms. The molecule has 0 unspecified atom stereocenters. The third-order valence-corrected chi connectivity index (χ3v) is 5.65. The number of piperazine rings is 1. The van der Waals surface area contributed by atoms with Crippen molar-refractivity contribution in [2.45, 2.75) is 25.6 Å².